The van der Waals surface area contributed by atoms with Crippen molar-refractivity contribution in [3.63, 3.8) is 0 Å². The molecule has 1 aromatic heterocycles. The van der Waals surface area contributed by atoms with Crippen LogP contribution in [0.5, 0.6) is 11.5 Å². The second-order valence-electron chi connectivity index (χ2n) is 7.15. The number of rotatable bonds is 7. The number of nitrogens with zero attached hydrogens (tertiary/aromatic N) is 2. The topological polar surface area (TPSA) is 83.9 Å². The lowest BCUT2D eigenvalue weighted by Gasteiger charge is -2.26. The first-order valence-corrected chi connectivity index (χ1v) is 10.8. The Kier molecular flexibility index (Phi) is 6.47. The van der Waals surface area contributed by atoms with Crippen LogP contribution < -0.4 is 10.1 Å². The molecule has 158 valence electrons. The van der Waals surface area contributed by atoms with Crippen LogP contribution >= 0.6 is 11.3 Å². The second-order valence-corrected chi connectivity index (χ2v) is 8.18. The van der Waals surface area contributed by atoms with Crippen molar-refractivity contribution >= 4 is 27.5 Å². The van der Waals surface area contributed by atoms with E-state index >= 15 is 0 Å². The van der Waals surface area contributed by atoms with Crippen molar-refractivity contribution in [2.45, 2.75) is 6.42 Å². The maximum absolute atomic E-state index is 12.5. The van der Waals surface area contributed by atoms with Crippen molar-refractivity contribution in [3.05, 3.63) is 42.0 Å². The van der Waals surface area contributed by atoms with Crippen molar-refractivity contribution in [1.82, 2.24) is 15.2 Å². The Labute approximate surface area is 179 Å². The van der Waals surface area contributed by atoms with Gasteiger partial charge in [-0.1, -0.05) is 0 Å². The number of thiazole rings is 1. The molecule has 1 amide bonds. The largest absolute Gasteiger partial charge is 0.507 e. The number of phenolic OH excluding ortho intramolecular Hbond substituents is 1. The quantitative estimate of drug-likeness (QED) is 0.564. The molecule has 2 heterocycles. The minimum absolute atomic E-state index is 0.0851. The molecule has 2 aromatic carbocycles. The number of nitrogens with one attached hydrogen (secondary N) is 1. The number of aromatic hydroxyl groups is 1. The van der Waals surface area contributed by atoms with Gasteiger partial charge in [-0.15, -0.1) is 11.3 Å². The molecule has 0 atom stereocenters. The number of aromatic nitrogens is 1. The lowest BCUT2D eigenvalue weighted by Crippen LogP contribution is -2.38. The summed E-state index contributed by atoms with van der Waals surface area (Å²) in [5.74, 6) is 0.713. The molecular formula is C22H25N3O4S. The summed E-state index contributed by atoms with van der Waals surface area (Å²) in [6.07, 6.45) is 0.911. The lowest BCUT2D eigenvalue weighted by molar-refractivity contribution is 0.0374. The van der Waals surface area contributed by atoms with Gasteiger partial charge in [-0.25, -0.2) is 4.98 Å². The summed E-state index contributed by atoms with van der Waals surface area (Å²) in [7, 11) is 1.58. The van der Waals surface area contributed by atoms with E-state index in [2.05, 4.69) is 15.2 Å². The van der Waals surface area contributed by atoms with Crippen LogP contribution in [0.1, 0.15) is 16.8 Å². The fourth-order valence-electron chi connectivity index (χ4n) is 3.43. The van der Waals surface area contributed by atoms with Gasteiger partial charge < -0.3 is 19.9 Å². The van der Waals surface area contributed by atoms with Crippen LogP contribution in [-0.2, 0) is 4.74 Å². The Morgan fingerprint density at radius 1 is 1.27 bits per heavy atom. The Hall–Kier alpha value is -2.68. The predicted octanol–water partition coefficient (Wildman–Crippen LogP) is 3.13. The number of carbonyl (C=O) groups is 1. The number of amides is 1. The molecule has 0 spiro atoms. The average molecular weight is 428 g/mol. The summed E-state index contributed by atoms with van der Waals surface area (Å²) < 4.78 is 11.5. The number of phenols is 1. The van der Waals surface area contributed by atoms with E-state index in [0.29, 0.717) is 28.4 Å². The third kappa shape index (κ3) is 4.72. The molecule has 0 radical (unpaired) electrons. The van der Waals surface area contributed by atoms with Crippen molar-refractivity contribution in [1.29, 1.82) is 0 Å². The van der Waals surface area contributed by atoms with E-state index in [1.165, 1.54) is 11.3 Å². The van der Waals surface area contributed by atoms with Crippen LogP contribution in [0.3, 0.4) is 0 Å². The zero-order valence-corrected chi connectivity index (χ0v) is 17.7. The first-order valence-electron chi connectivity index (χ1n) is 10.0. The van der Waals surface area contributed by atoms with Gasteiger partial charge in [0.05, 0.1) is 36.1 Å². The van der Waals surface area contributed by atoms with Gasteiger partial charge in [0.2, 0.25) is 0 Å². The van der Waals surface area contributed by atoms with Crippen LogP contribution in [0.25, 0.3) is 20.8 Å². The number of hydrogen-bond acceptors (Lipinski definition) is 7. The highest BCUT2D eigenvalue weighted by Crippen LogP contribution is 2.37. The fourth-order valence-corrected chi connectivity index (χ4v) is 4.46. The molecule has 3 aromatic rings. The second kappa shape index (κ2) is 9.42. The zero-order valence-electron chi connectivity index (χ0n) is 16.9. The molecule has 1 saturated heterocycles. The van der Waals surface area contributed by atoms with Gasteiger partial charge >= 0.3 is 0 Å². The Balaban J connectivity index is 1.41. The van der Waals surface area contributed by atoms with Crippen molar-refractivity contribution in [2.24, 2.45) is 0 Å². The molecular weight excluding hydrogens is 402 g/mol. The first kappa shape index (κ1) is 20.6. The number of fused-ring (bicyclic) bond motifs is 1. The van der Waals surface area contributed by atoms with Crippen LogP contribution in [0, 0.1) is 0 Å². The Bertz CT molecular complexity index is 1030. The van der Waals surface area contributed by atoms with E-state index in [9.17, 15) is 9.90 Å². The van der Waals surface area contributed by atoms with Gasteiger partial charge in [0.15, 0.2) is 0 Å². The van der Waals surface area contributed by atoms with Gasteiger partial charge in [0.25, 0.3) is 5.91 Å². The molecule has 8 heteroatoms. The number of carbonyl (C=O) groups excluding carboxylic acids is 1. The third-order valence-corrected chi connectivity index (χ3v) is 6.18. The first-order chi connectivity index (χ1) is 14.6. The van der Waals surface area contributed by atoms with E-state index in [1.807, 2.05) is 12.1 Å². The summed E-state index contributed by atoms with van der Waals surface area (Å²) >= 11 is 1.44. The lowest BCUT2D eigenvalue weighted by atomic mass is 10.2. The van der Waals surface area contributed by atoms with E-state index < -0.39 is 0 Å². The molecule has 4 rings (SSSR count). The monoisotopic (exact) mass is 427 g/mol. The summed E-state index contributed by atoms with van der Waals surface area (Å²) in [6.45, 7) is 5.10. The predicted molar refractivity (Wildman–Crippen MR) is 117 cm³/mol. The summed E-state index contributed by atoms with van der Waals surface area (Å²) in [5, 5.41) is 13.9. The van der Waals surface area contributed by atoms with Gasteiger partial charge in [0, 0.05) is 25.2 Å². The SMILES string of the molecule is COc1ccc(O)c(-c2nc3ccc(C(=O)NCCCN4CCOCC4)cc3s2)c1. The highest BCUT2D eigenvalue weighted by atomic mass is 32.1. The smallest absolute Gasteiger partial charge is 0.251 e. The van der Waals surface area contributed by atoms with E-state index in [1.54, 1.807) is 31.4 Å². The number of hydrogen-bond donors (Lipinski definition) is 2. The van der Waals surface area contributed by atoms with Gasteiger partial charge in [-0.2, -0.15) is 0 Å². The molecule has 1 aliphatic heterocycles. The van der Waals surface area contributed by atoms with Gasteiger partial charge in [-0.3, -0.25) is 9.69 Å². The number of benzene rings is 2. The highest BCUT2D eigenvalue weighted by Gasteiger charge is 2.14. The van der Waals surface area contributed by atoms with Crippen LogP contribution in [0.2, 0.25) is 0 Å². The van der Waals surface area contributed by atoms with Crippen molar-refractivity contribution < 1.29 is 19.4 Å². The molecule has 0 unspecified atom stereocenters. The molecule has 2 N–H and O–H groups in total. The van der Waals surface area contributed by atoms with Gasteiger partial charge in [0.1, 0.15) is 16.5 Å². The average Bonchev–Trinajstić information content (AvgIpc) is 3.20. The van der Waals surface area contributed by atoms with E-state index in [4.69, 9.17) is 9.47 Å². The Morgan fingerprint density at radius 2 is 2.10 bits per heavy atom. The molecule has 1 fully saturated rings. The zero-order chi connectivity index (χ0) is 20.9. The van der Waals surface area contributed by atoms with Crippen LogP contribution in [-0.4, -0.2) is 67.4 Å². The number of methoxy groups -OCH3 is 1. The van der Waals surface area contributed by atoms with E-state index in [-0.39, 0.29) is 11.7 Å². The van der Waals surface area contributed by atoms with Crippen molar-refractivity contribution in [2.75, 3.05) is 46.5 Å². The normalized spacial score (nSPS) is 14.7. The molecule has 0 bridgehead atoms. The molecule has 0 saturated carbocycles. The highest BCUT2D eigenvalue weighted by molar-refractivity contribution is 7.21. The standard InChI is InChI=1S/C22H25N3O4S/c1-28-16-4-6-19(26)17(14-16)22-24-18-5-3-15(13-20(18)30-22)21(27)23-7-2-8-25-9-11-29-12-10-25/h3-6,13-14,26H,2,7-12H2,1H3,(H,23,27). The minimum Gasteiger partial charge on any atom is -0.507 e. The summed E-state index contributed by atoms with van der Waals surface area (Å²) in [6, 6.07) is 10.5. The maximum Gasteiger partial charge on any atom is 0.251 e. The maximum atomic E-state index is 12.5. The van der Waals surface area contributed by atoms with Crippen molar-refractivity contribution in [3.8, 4) is 22.1 Å². The third-order valence-electron chi connectivity index (χ3n) is 5.13. The summed E-state index contributed by atoms with van der Waals surface area (Å²) in [4.78, 5) is 19.5. The van der Waals surface area contributed by atoms with Crippen LogP contribution in [0.4, 0.5) is 0 Å². The summed E-state index contributed by atoms with van der Waals surface area (Å²) in [5.41, 5.74) is 2.02. The minimum atomic E-state index is -0.0851. The van der Waals surface area contributed by atoms with Crippen LogP contribution in [0.15, 0.2) is 36.4 Å². The molecule has 1 aliphatic rings. The van der Waals surface area contributed by atoms with Gasteiger partial charge in [-0.05, 0) is 49.4 Å². The number of ether oxygens (including phenoxy) is 2. The van der Waals surface area contributed by atoms with E-state index in [0.717, 1.165) is 49.5 Å². The Morgan fingerprint density at radius 3 is 2.90 bits per heavy atom. The molecule has 7 nitrogen and oxygen atoms in total. The fraction of sp³-hybridized carbons (Fsp3) is 0.364. The molecule has 0 aliphatic carbocycles. The number of morpholine rings is 1. The molecule has 30 heavy (non-hydrogen) atoms.